The van der Waals surface area contributed by atoms with Gasteiger partial charge in [-0.3, -0.25) is 0 Å². The van der Waals surface area contributed by atoms with Crippen LogP contribution in [0.25, 0.3) is 0 Å². The van der Waals surface area contributed by atoms with Crippen LogP contribution in [-0.2, 0) is 0 Å². The molecule has 15 heavy (non-hydrogen) atoms. The van der Waals surface area contributed by atoms with Gasteiger partial charge in [0.05, 0.1) is 6.07 Å². The van der Waals surface area contributed by atoms with Crippen molar-refractivity contribution in [2.24, 2.45) is 5.41 Å². The van der Waals surface area contributed by atoms with E-state index in [0.29, 0.717) is 6.42 Å². The van der Waals surface area contributed by atoms with Crippen LogP contribution in [0.3, 0.4) is 0 Å². The van der Waals surface area contributed by atoms with Crippen molar-refractivity contribution < 1.29 is 0 Å². The highest BCUT2D eigenvalue weighted by Gasteiger charge is 2.42. The predicted octanol–water partition coefficient (Wildman–Crippen LogP) is 3.10. The summed E-state index contributed by atoms with van der Waals surface area (Å²) in [5.74, 6) is 0. The van der Waals surface area contributed by atoms with E-state index in [4.69, 9.17) is 5.26 Å². The smallest absolute Gasteiger partial charge is 0.0628 e. The standard InChI is InChI=1S/C13H16N2/c1-11-4-2-3-5-12(11)15-10-13(6-7-13)8-9-14/h2-5,15H,6-8,10H2,1H3. The van der Waals surface area contributed by atoms with Crippen LogP contribution < -0.4 is 5.32 Å². The van der Waals surface area contributed by atoms with Gasteiger partial charge in [-0.25, -0.2) is 0 Å². The highest BCUT2D eigenvalue weighted by Crippen LogP contribution is 2.48. The summed E-state index contributed by atoms with van der Waals surface area (Å²) in [4.78, 5) is 0. The summed E-state index contributed by atoms with van der Waals surface area (Å²) in [7, 11) is 0. The van der Waals surface area contributed by atoms with Crippen LogP contribution in [0, 0.1) is 23.7 Å². The minimum atomic E-state index is 0.275. The van der Waals surface area contributed by atoms with Gasteiger partial charge >= 0.3 is 0 Å². The van der Waals surface area contributed by atoms with Crippen molar-refractivity contribution >= 4 is 5.69 Å². The van der Waals surface area contributed by atoms with E-state index in [1.165, 1.54) is 24.1 Å². The Morgan fingerprint density at radius 3 is 2.73 bits per heavy atom. The SMILES string of the molecule is Cc1ccccc1NCC1(CC#N)CC1. The van der Waals surface area contributed by atoms with Gasteiger partial charge < -0.3 is 5.32 Å². The summed E-state index contributed by atoms with van der Waals surface area (Å²) >= 11 is 0. The third kappa shape index (κ3) is 2.30. The molecule has 0 aliphatic heterocycles. The maximum atomic E-state index is 8.72. The molecule has 1 aliphatic carbocycles. The van der Waals surface area contributed by atoms with Crippen molar-refractivity contribution in [2.45, 2.75) is 26.2 Å². The number of benzene rings is 1. The maximum Gasteiger partial charge on any atom is 0.0628 e. The van der Waals surface area contributed by atoms with Gasteiger partial charge in [0, 0.05) is 24.1 Å². The first-order valence-electron chi connectivity index (χ1n) is 5.42. The molecule has 0 spiro atoms. The molecule has 0 atom stereocenters. The topological polar surface area (TPSA) is 35.8 Å². The van der Waals surface area contributed by atoms with Crippen molar-refractivity contribution in [2.75, 3.05) is 11.9 Å². The van der Waals surface area contributed by atoms with Gasteiger partial charge in [-0.2, -0.15) is 5.26 Å². The summed E-state index contributed by atoms with van der Waals surface area (Å²) < 4.78 is 0. The number of nitrogens with one attached hydrogen (secondary N) is 1. The molecule has 0 saturated heterocycles. The van der Waals surface area contributed by atoms with Gasteiger partial charge in [0.2, 0.25) is 0 Å². The second kappa shape index (κ2) is 3.94. The lowest BCUT2D eigenvalue weighted by molar-refractivity contribution is 0.557. The van der Waals surface area contributed by atoms with E-state index in [2.05, 4.69) is 30.4 Å². The Morgan fingerprint density at radius 1 is 1.40 bits per heavy atom. The first-order chi connectivity index (χ1) is 7.26. The Labute approximate surface area is 90.9 Å². The zero-order valence-corrected chi connectivity index (χ0v) is 9.09. The summed E-state index contributed by atoms with van der Waals surface area (Å²) in [5.41, 5.74) is 2.74. The zero-order valence-electron chi connectivity index (χ0n) is 9.09. The Morgan fingerprint density at radius 2 is 2.13 bits per heavy atom. The number of hydrogen-bond donors (Lipinski definition) is 1. The molecule has 0 amide bonds. The number of para-hydroxylation sites is 1. The molecule has 2 heteroatoms. The van der Waals surface area contributed by atoms with E-state index >= 15 is 0 Å². The van der Waals surface area contributed by atoms with Crippen LogP contribution in [0.1, 0.15) is 24.8 Å². The molecule has 1 aliphatic rings. The largest absolute Gasteiger partial charge is 0.384 e. The minimum Gasteiger partial charge on any atom is -0.384 e. The molecular weight excluding hydrogens is 184 g/mol. The predicted molar refractivity (Wildman–Crippen MR) is 61.6 cm³/mol. The Balaban J connectivity index is 1.94. The highest BCUT2D eigenvalue weighted by molar-refractivity contribution is 5.50. The van der Waals surface area contributed by atoms with Crippen molar-refractivity contribution in [3.63, 3.8) is 0 Å². The fraction of sp³-hybridized carbons (Fsp3) is 0.462. The van der Waals surface area contributed by atoms with E-state index in [9.17, 15) is 0 Å². The lowest BCUT2D eigenvalue weighted by atomic mass is 10.0. The van der Waals surface area contributed by atoms with Gasteiger partial charge in [-0.05, 0) is 31.4 Å². The Kier molecular flexibility index (Phi) is 2.64. The number of nitrogens with zero attached hydrogens (tertiary/aromatic N) is 1. The first kappa shape index (κ1) is 10.0. The second-order valence-electron chi connectivity index (χ2n) is 4.50. The number of nitriles is 1. The van der Waals surface area contributed by atoms with Crippen molar-refractivity contribution in [3.05, 3.63) is 29.8 Å². The molecule has 0 unspecified atom stereocenters. The number of hydrogen-bond acceptors (Lipinski definition) is 2. The molecule has 1 aromatic carbocycles. The second-order valence-corrected chi connectivity index (χ2v) is 4.50. The maximum absolute atomic E-state index is 8.72. The third-order valence-electron chi connectivity index (χ3n) is 3.21. The fourth-order valence-corrected chi connectivity index (χ4v) is 1.81. The fourth-order valence-electron chi connectivity index (χ4n) is 1.81. The molecule has 1 aromatic rings. The van der Waals surface area contributed by atoms with Crippen LogP contribution in [0.15, 0.2) is 24.3 Å². The van der Waals surface area contributed by atoms with Gasteiger partial charge in [-0.1, -0.05) is 18.2 Å². The Hall–Kier alpha value is -1.49. The number of rotatable bonds is 4. The van der Waals surface area contributed by atoms with Gasteiger partial charge in [0.1, 0.15) is 0 Å². The van der Waals surface area contributed by atoms with Crippen molar-refractivity contribution in [3.8, 4) is 6.07 Å². The van der Waals surface area contributed by atoms with Crippen LogP contribution in [0.4, 0.5) is 5.69 Å². The quantitative estimate of drug-likeness (QED) is 0.810. The van der Waals surface area contributed by atoms with Crippen LogP contribution in [0.5, 0.6) is 0 Å². The van der Waals surface area contributed by atoms with Gasteiger partial charge in [0.25, 0.3) is 0 Å². The van der Waals surface area contributed by atoms with E-state index in [1.54, 1.807) is 0 Å². The molecule has 1 fully saturated rings. The number of aryl methyl sites for hydroxylation is 1. The lowest BCUT2D eigenvalue weighted by Gasteiger charge is -2.14. The summed E-state index contributed by atoms with van der Waals surface area (Å²) in [6.07, 6.45) is 3.07. The average Bonchev–Trinajstić information content (AvgIpc) is 2.98. The molecule has 0 aromatic heterocycles. The van der Waals surface area contributed by atoms with Crippen LogP contribution in [0.2, 0.25) is 0 Å². The molecular formula is C13H16N2. The summed E-state index contributed by atoms with van der Waals surface area (Å²) in [6.45, 7) is 3.04. The minimum absolute atomic E-state index is 0.275. The molecule has 2 nitrogen and oxygen atoms in total. The molecule has 1 saturated carbocycles. The van der Waals surface area contributed by atoms with Gasteiger partial charge in [0.15, 0.2) is 0 Å². The zero-order chi connectivity index (χ0) is 10.7. The monoisotopic (exact) mass is 200 g/mol. The Bertz CT molecular complexity index is 386. The molecule has 0 radical (unpaired) electrons. The van der Waals surface area contributed by atoms with Crippen molar-refractivity contribution in [1.29, 1.82) is 5.26 Å². The van der Waals surface area contributed by atoms with E-state index in [0.717, 1.165) is 6.54 Å². The number of anilines is 1. The highest BCUT2D eigenvalue weighted by atomic mass is 14.9. The van der Waals surface area contributed by atoms with E-state index < -0.39 is 0 Å². The molecule has 2 rings (SSSR count). The van der Waals surface area contributed by atoms with E-state index in [1.807, 2.05) is 12.1 Å². The summed E-state index contributed by atoms with van der Waals surface area (Å²) in [6, 6.07) is 10.6. The van der Waals surface area contributed by atoms with Gasteiger partial charge in [-0.15, -0.1) is 0 Å². The molecule has 78 valence electrons. The first-order valence-corrected chi connectivity index (χ1v) is 5.42. The van der Waals surface area contributed by atoms with E-state index in [-0.39, 0.29) is 5.41 Å². The normalized spacial score (nSPS) is 16.8. The lowest BCUT2D eigenvalue weighted by Crippen LogP contribution is -2.15. The molecule has 0 bridgehead atoms. The molecule has 0 heterocycles. The van der Waals surface area contributed by atoms with Crippen molar-refractivity contribution in [1.82, 2.24) is 0 Å². The molecule has 1 N–H and O–H groups in total. The summed E-state index contributed by atoms with van der Waals surface area (Å²) in [5, 5.41) is 12.2. The third-order valence-corrected chi connectivity index (χ3v) is 3.21. The van der Waals surface area contributed by atoms with Crippen LogP contribution in [-0.4, -0.2) is 6.54 Å². The average molecular weight is 200 g/mol. The van der Waals surface area contributed by atoms with Crippen LogP contribution >= 0.6 is 0 Å².